The van der Waals surface area contributed by atoms with E-state index in [2.05, 4.69) is 108 Å². The maximum absolute atomic E-state index is 12.8. The van der Waals surface area contributed by atoms with Crippen LogP contribution in [0.5, 0.6) is 0 Å². The second-order valence-electron chi connectivity index (χ2n) is 11.0. The van der Waals surface area contributed by atoms with Crippen molar-refractivity contribution in [3.63, 3.8) is 0 Å². The Kier molecular flexibility index (Phi) is 12.9. The number of benzene rings is 3. The van der Waals surface area contributed by atoms with Crippen LogP contribution in [0.25, 0.3) is 0 Å². The highest BCUT2D eigenvalue weighted by molar-refractivity contribution is 8.00. The molecule has 0 fully saturated rings. The highest BCUT2D eigenvalue weighted by Gasteiger charge is 2.29. The number of hydrogen-bond acceptors (Lipinski definition) is 4. The van der Waals surface area contributed by atoms with Gasteiger partial charge in [-0.05, 0) is 66.6 Å². The van der Waals surface area contributed by atoms with E-state index in [1.54, 1.807) is 12.1 Å². The third-order valence-corrected chi connectivity index (χ3v) is 11.5. The molecule has 1 heterocycles. The first kappa shape index (κ1) is 33.3. The number of amides is 1. The van der Waals surface area contributed by atoms with Crippen molar-refractivity contribution in [1.82, 2.24) is 4.72 Å². The largest absolute Gasteiger partial charge is 0.363 e. The summed E-state index contributed by atoms with van der Waals surface area (Å²) in [5.74, 6) is -0.440. The van der Waals surface area contributed by atoms with Crippen molar-refractivity contribution in [3.05, 3.63) is 120 Å². The summed E-state index contributed by atoms with van der Waals surface area (Å²) < 4.78 is 27.7. The van der Waals surface area contributed by atoms with Gasteiger partial charge < -0.3 is 4.90 Å². The number of sulfonamides is 1. The van der Waals surface area contributed by atoms with Crippen LogP contribution >= 0.6 is 0 Å². The van der Waals surface area contributed by atoms with Crippen molar-refractivity contribution in [2.45, 2.75) is 79.9 Å². The molecule has 0 unspecified atom stereocenters. The average molecular weight is 630 g/mol. The van der Waals surface area contributed by atoms with Crippen LogP contribution in [0.2, 0.25) is 0 Å². The van der Waals surface area contributed by atoms with Crippen molar-refractivity contribution < 1.29 is 13.2 Å². The van der Waals surface area contributed by atoms with Gasteiger partial charge in [-0.25, -0.2) is 13.1 Å². The van der Waals surface area contributed by atoms with Crippen LogP contribution in [0.3, 0.4) is 0 Å². The number of anilines is 1. The third kappa shape index (κ3) is 9.73. The average Bonchev–Trinajstić information content (AvgIpc) is 3.52. The first-order valence-corrected chi connectivity index (χ1v) is 18.4. The normalized spacial score (nSPS) is 13.9. The van der Waals surface area contributed by atoms with E-state index >= 15 is 0 Å². The summed E-state index contributed by atoms with van der Waals surface area (Å²) >= 11 is 0. The molecule has 1 aliphatic heterocycles. The summed E-state index contributed by atoms with van der Waals surface area (Å²) in [5.41, 5.74) is 2.16. The third-order valence-electron chi connectivity index (χ3n) is 7.63. The van der Waals surface area contributed by atoms with E-state index in [-0.39, 0.29) is 22.2 Å². The van der Waals surface area contributed by atoms with Crippen molar-refractivity contribution in [1.29, 1.82) is 0 Å². The van der Waals surface area contributed by atoms with Crippen LogP contribution < -0.4 is 9.62 Å². The highest BCUT2D eigenvalue weighted by atomic mass is 32.2. The molecule has 3 aromatic carbocycles. The molecular formula is C37H45N2O3S2+. The van der Waals surface area contributed by atoms with E-state index in [0.717, 1.165) is 44.5 Å². The summed E-state index contributed by atoms with van der Waals surface area (Å²) in [6.45, 7) is 5.88. The predicted molar refractivity (Wildman–Crippen MR) is 184 cm³/mol. The number of carbonyl (C=O) groups excluding carboxylic acids is 1. The zero-order valence-electron chi connectivity index (χ0n) is 26.0. The molecule has 0 radical (unpaired) electrons. The fraction of sp³-hybridized carbons (Fsp3) is 0.324. The smallest absolute Gasteiger partial charge is 0.264 e. The van der Waals surface area contributed by atoms with Crippen LogP contribution in [-0.4, -0.2) is 27.4 Å². The Bertz CT molecular complexity index is 1490. The molecule has 0 atom stereocenters. The van der Waals surface area contributed by atoms with E-state index in [0.29, 0.717) is 6.42 Å². The Labute approximate surface area is 267 Å². The van der Waals surface area contributed by atoms with Crippen LogP contribution in [0.1, 0.15) is 65.2 Å². The van der Waals surface area contributed by atoms with Gasteiger partial charge in [0, 0.05) is 31.6 Å². The van der Waals surface area contributed by atoms with Gasteiger partial charge in [-0.2, -0.15) is 0 Å². The van der Waals surface area contributed by atoms with Gasteiger partial charge in [0.2, 0.25) is 5.91 Å². The molecule has 1 amide bonds. The maximum atomic E-state index is 12.8. The van der Waals surface area contributed by atoms with E-state index in [4.69, 9.17) is 0 Å². The van der Waals surface area contributed by atoms with Gasteiger partial charge in [-0.15, -0.1) is 0 Å². The molecule has 44 heavy (non-hydrogen) atoms. The molecule has 0 saturated heterocycles. The lowest BCUT2D eigenvalue weighted by Crippen LogP contribution is -2.30. The fourth-order valence-electron chi connectivity index (χ4n) is 5.22. The molecule has 1 aliphatic rings. The lowest BCUT2D eigenvalue weighted by atomic mass is 10.1. The molecule has 0 aromatic heterocycles. The Morgan fingerprint density at radius 2 is 1.45 bits per heavy atom. The quantitative estimate of drug-likeness (QED) is 0.0979. The number of unbranched alkanes of at least 4 members (excludes halogenated alkanes) is 5. The predicted octanol–water partition coefficient (Wildman–Crippen LogP) is 8.58. The molecule has 0 spiro atoms. The number of hydrogen-bond donors (Lipinski definition) is 1. The number of nitrogens with zero attached hydrogens (tertiary/aromatic N) is 1. The molecule has 232 valence electrons. The van der Waals surface area contributed by atoms with Crippen molar-refractivity contribution >= 4 is 32.5 Å². The van der Waals surface area contributed by atoms with Gasteiger partial charge in [0.1, 0.15) is 4.91 Å². The van der Waals surface area contributed by atoms with Crippen LogP contribution in [0.4, 0.5) is 5.69 Å². The lowest BCUT2D eigenvalue weighted by Gasteiger charge is -2.18. The fourth-order valence-corrected chi connectivity index (χ4v) is 8.47. The first-order valence-electron chi connectivity index (χ1n) is 15.7. The standard InChI is InChI=1S/C37H44N2O3S2/c1-3-5-6-7-8-15-23-37(40)38-44(41,42)36-26-24-32(25-27-36)39-29-28-31(30-39)17-16-22-33(4-2)43(34-18-11-9-12-19-34)35-20-13-10-14-21-35/h9-14,16-22,24-28H,3-8,15,23,29-30H2,1-2H3/p+1/b17-16-,33-22+. The van der Waals surface area contributed by atoms with E-state index < -0.39 is 15.9 Å². The molecule has 0 saturated carbocycles. The van der Waals surface area contributed by atoms with E-state index in [1.165, 1.54) is 33.1 Å². The molecule has 4 rings (SSSR count). The number of carbonyl (C=O) groups is 1. The Hall–Kier alpha value is -3.55. The minimum absolute atomic E-state index is 0.106. The summed E-state index contributed by atoms with van der Waals surface area (Å²) in [5, 5.41) is 0. The van der Waals surface area contributed by atoms with Gasteiger partial charge in [-0.3, -0.25) is 4.79 Å². The van der Waals surface area contributed by atoms with Crippen molar-refractivity contribution in [2.75, 3.05) is 18.0 Å². The Balaban J connectivity index is 1.33. The van der Waals surface area contributed by atoms with Gasteiger partial charge >= 0.3 is 0 Å². The van der Waals surface area contributed by atoms with E-state index in [9.17, 15) is 13.2 Å². The monoisotopic (exact) mass is 629 g/mol. The summed E-state index contributed by atoms with van der Waals surface area (Å²) in [6, 6.07) is 28.2. The number of rotatable bonds is 16. The highest BCUT2D eigenvalue weighted by Crippen LogP contribution is 2.32. The van der Waals surface area contributed by atoms with Gasteiger partial charge in [0.05, 0.1) is 15.8 Å². The zero-order valence-corrected chi connectivity index (χ0v) is 27.6. The molecule has 1 N–H and O–H groups in total. The van der Waals surface area contributed by atoms with Crippen molar-refractivity contribution in [2.24, 2.45) is 0 Å². The Morgan fingerprint density at radius 3 is 2.07 bits per heavy atom. The van der Waals surface area contributed by atoms with E-state index in [1.807, 2.05) is 12.1 Å². The van der Waals surface area contributed by atoms with Crippen LogP contribution in [-0.2, 0) is 25.7 Å². The summed E-state index contributed by atoms with van der Waals surface area (Å²) in [4.78, 5) is 18.6. The van der Waals surface area contributed by atoms with Crippen LogP contribution in [0, 0.1) is 0 Å². The van der Waals surface area contributed by atoms with Gasteiger partial charge in [0.15, 0.2) is 9.79 Å². The molecular weight excluding hydrogens is 585 g/mol. The van der Waals surface area contributed by atoms with Gasteiger partial charge in [-0.1, -0.05) is 101 Å². The Morgan fingerprint density at radius 1 is 0.841 bits per heavy atom. The first-order chi connectivity index (χ1) is 21.4. The molecule has 3 aromatic rings. The second-order valence-corrected chi connectivity index (χ2v) is 14.7. The van der Waals surface area contributed by atoms with Crippen molar-refractivity contribution in [3.8, 4) is 0 Å². The molecule has 5 nitrogen and oxygen atoms in total. The minimum atomic E-state index is -3.88. The summed E-state index contributed by atoms with van der Waals surface area (Å²) in [7, 11) is -4.02. The SMILES string of the molecule is CCCCCCCCC(=O)NS(=O)(=O)c1ccc(N2CC=C(/C=C\C=C(/CC)[S+](c3ccccc3)c3ccccc3)C2)cc1. The minimum Gasteiger partial charge on any atom is -0.363 e. The molecule has 7 heteroatoms. The maximum Gasteiger partial charge on any atom is 0.264 e. The second kappa shape index (κ2) is 17.1. The topological polar surface area (TPSA) is 66.5 Å². The zero-order chi connectivity index (χ0) is 31.2. The van der Waals surface area contributed by atoms with Crippen LogP contribution in [0.15, 0.2) is 134 Å². The lowest BCUT2D eigenvalue weighted by molar-refractivity contribution is -0.119. The molecule has 0 aliphatic carbocycles. The number of allylic oxidation sites excluding steroid dienone is 3. The molecule has 0 bridgehead atoms. The summed E-state index contributed by atoms with van der Waals surface area (Å²) in [6.07, 6.45) is 16.2. The number of nitrogens with one attached hydrogen (secondary N) is 1. The van der Waals surface area contributed by atoms with Gasteiger partial charge in [0.25, 0.3) is 10.0 Å².